The highest BCUT2D eigenvalue weighted by molar-refractivity contribution is 6.04. The molecule has 0 unspecified atom stereocenters. The molecular formula is C19H17NO. The zero-order chi connectivity index (χ0) is 14.6. The van der Waals surface area contributed by atoms with E-state index in [-0.39, 0.29) is 5.41 Å². The Kier molecular flexibility index (Phi) is 2.41. The fourth-order valence-electron chi connectivity index (χ4n) is 3.54. The number of rotatable bonds is 1. The molecule has 0 atom stereocenters. The van der Waals surface area contributed by atoms with Crippen LogP contribution in [0.4, 0.5) is 0 Å². The summed E-state index contributed by atoms with van der Waals surface area (Å²) in [6.45, 7) is 4.49. The predicted molar refractivity (Wildman–Crippen MR) is 85.9 cm³/mol. The summed E-state index contributed by atoms with van der Waals surface area (Å²) in [7, 11) is 1.73. The number of benzene rings is 2. The van der Waals surface area contributed by atoms with E-state index in [2.05, 4.69) is 56.3 Å². The molecule has 0 radical (unpaired) electrons. The van der Waals surface area contributed by atoms with Gasteiger partial charge in [-0.3, -0.25) is 4.98 Å². The van der Waals surface area contributed by atoms with E-state index in [1.54, 1.807) is 7.11 Å². The first-order valence-electron chi connectivity index (χ1n) is 7.20. The van der Waals surface area contributed by atoms with Crippen LogP contribution in [0, 0.1) is 0 Å². The van der Waals surface area contributed by atoms with Crippen molar-refractivity contribution in [2.75, 3.05) is 7.11 Å². The van der Waals surface area contributed by atoms with Crippen molar-refractivity contribution in [2.24, 2.45) is 0 Å². The van der Waals surface area contributed by atoms with Gasteiger partial charge in [0.15, 0.2) is 0 Å². The number of hydrogen-bond donors (Lipinski definition) is 0. The van der Waals surface area contributed by atoms with E-state index in [0.717, 1.165) is 11.4 Å². The van der Waals surface area contributed by atoms with Gasteiger partial charge >= 0.3 is 0 Å². The van der Waals surface area contributed by atoms with Crippen LogP contribution in [0.5, 0.6) is 5.75 Å². The molecule has 2 nitrogen and oxygen atoms in total. The van der Waals surface area contributed by atoms with Crippen LogP contribution in [0.25, 0.3) is 21.9 Å². The molecule has 0 saturated heterocycles. The average Bonchev–Trinajstić information content (AvgIpc) is 2.52. The molecule has 1 heterocycles. The lowest BCUT2D eigenvalue weighted by molar-refractivity contribution is 0.416. The predicted octanol–water partition coefficient (Wildman–Crippen LogP) is 4.55. The molecule has 21 heavy (non-hydrogen) atoms. The van der Waals surface area contributed by atoms with Crippen molar-refractivity contribution in [2.45, 2.75) is 19.3 Å². The summed E-state index contributed by atoms with van der Waals surface area (Å²) in [5.74, 6) is 0.916. The largest absolute Gasteiger partial charge is 0.496 e. The first kappa shape index (κ1) is 12.4. The summed E-state index contributed by atoms with van der Waals surface area (Å²) in [5, 5.41) is 2.44. The zero-order valence-electron chi connectivity index (χ0n) is 12.5. The van der Waals surface area contributed by atoms with Crippen molar-refractivity contribution in [3.8, 4) is 16.9 Å². The molecule has 1 aliphatic rings. The van der Waals surface area contributed by atoms with E-state index in [4.69, 9.17) is 9.72 Å². The van der Waals surface area contributed by atoms with Crippen molar-refractivity contribution in [1.29, 1.82) is 0 Å². The van der Waals surface area contributed by atoms with Crippen LogP contribution in [0.1, 0.15) is 25.1 Å². The number of methoxy groups -OCH3 is 1. The molecule has 0 aliphatic heterocycles. The van der Waals surface area contributed by atoms with Crippen LogP contribution in [0.2, 0.25) is 0 Å². The first-order valence-corrected chi connectivity index (χ1v) is 7.20. The van der Waals surface area contributed by atoms with Gasteiger partial charge in [-0.05, 0) is 28.6 Å². The quantitative estimate of drug-likeness (QED) is 0.650. The van der Waals surface area contributed by atoms with Crippen molar-refractivity contribution in [3.05, 3.63) is 59.9 Å². The van der Waals surface area contributed by atoms with Gasteiger partial charge in [0.1, 0.15) is 5.75 Å². The minimum atomic E-state index is -0.102. The molecule has 0 spiro atoms. The summed E-state index contributed by atoms with van der Waals surface area (Å²) in [5.41, 5.74) is 4.77. The van der Waals surface area contributed by atoms with Crippen LogP contribution in [-0.4, -0.2) is 12.1 Å². The van der Waals surface area contributed by atoms with E-state index >= 15 is 0 Å². The third-order valence-corrected chi connectivity index (χ3v) is 4.58. The lowest BCUT2D eigenvalue weighted by Gasteiger charge is -2.34. The third-order valence-electron chi connectivity index (χ3n) is 4.58. The van der Waals surface area contributed by atoms with Crippen molar-refractivity contribution in [3.63, 3.8) is 0 Å². The number of pyridine rings is 1. The van der Waals surface area contributed by atoms with Crippen LogP contribution in [-0.2, 0) is 5.41 Å². The maximum Gasteiger partial charge on any atom is 0.127 e. The normalized spacial score (nSPS) is 14.8. The smallest absolute Gasteiger partial charge is 0.127 e. The van der Waals surface area contributed by atoms with E-state index in [9.17, 15) is 0 Å². The van der Waals surface area contributed by atoms with Gasteiger partial charge in [0.2, 0.25) is 0 Å². The summed E-state index contributed by atoms with van der Waals surface area (Å²) in [6, 6.07) is 14.8. The molecule has 0 saturated carbocycles. The standard InChI is InChI=1S/C19H17NO/c1-19(2)14-7-5-4-6-13(14)17-15(21-3)9-8-12-10-11-20-18(19)16(12)17/h4-11H,1-3H3. The number of nitrogens with zero attached hydrogens (tertiary/aromatic N) is 1. The lowest BCUT2D eigenvalue weighted by Crippen LogP contribution is -2.25. The highest BCUT2D eigenvalue weighted by Gasteiger charge is 2.35. The Hall–Kier alpha value is -2.35. The van der Waals surface area contributed by atoms with Gasteiger partial charge in [-0.15, -0.1) is 0 Å². The van der Waals surface area contributed by atoms with Crippen molar-refractivity contribution < 1.29 is 4.74 Å². The second kappa shape index (κ2) is 4.08. The Bertz CT molecular complexity index is 865. The minimum absolute atomic E-state index is 0.102. The summed E-state index contributed by atoms with van der Waals surface area (Å²) < 4.78 is 5.63. The molecule has 2 aromatic carbocycles. The average molecular weight is 275 g/mol. The molecular weight excluding hydrogens is 258 g/mol. The molecule has 1 aromatic heterocycles. The van der Waals surface area contributed by atoms with E-state index in [0.29, 0.717) is 0 Å². The van der Waals surface area contributed by atoms with E-state index in [1.165, 1.54) is 27.5 Å². The second-order valence-electron chi connectivity index (χ2n) is 6.07. The lowest BCUT2D eigenvalue weighted by atomic mass is 9.71. The molecule has 0 bridgehead atoms. The molecule has 4 rings (SSSR count). The third kappa shape index (κ3) is 1.50. The summed E-state index contributed by atoms with van der Waals surface area (Å²) in [6.07, 6.45) is 1.91. The fraction of sp³-hybridized carbons (Fsp3) is 0.211. The van der Waals surface area contributed by atoms with Gasteiger partial charge in [0.25, 0.3) is 0 Å². The van der Waals surface area contributed by atoms with Crippen LogP contribution in [0.15, 0.2) is 48.7 Å². The highest BCUT2D eigenvalue weighted by atomic mass is 16.5. The Morgan fingerprint density at radius 1 is 1.00 bits per heavy atom. The van der Waals surface area contributed by atoms with Gasteiger partial charge in [0.05, 0.1) is 12.8 Å². The Balaban J connectivity index is 2.29. The van der Waals surface area contributed by atoms with Gasteiger partial charge in [-0.1, -0.05) is 44.2 Å². The molecule has 0 N–H and O–H groups in total. The Labute approximate surface area is 124 Å². The Morgan fingerprint density at radius 2 is 1.81 bits per heavy atom. The van der Waals surface area contributed by atoms with E-state index in [1.807, 2.05) is 6.20 Å². The maximum atomic E-state index is 5.63. The second-order valence-corrected chi connectivity index (χ2v) is 6.07. The monoisotopic (exact) mass is 275 g/mol. The Morgan fingerprint density at radius 3 is 2.62 bits per heavy atom. The van der Waals surface area contributed by atoms with Crippen LogP contribution < -0.4 is 4.74 Å². The number of aromatic nitrogens is 1. The van der Waals surface area contributed by atoms with Crippen LogP contribution >= 0.6 is 0 Å². The molecule has 104 valence electrons. The van der Waals surface area contributed by atoms with Crippen molar-refractivity contribution in [1.82, 2.24) is 4.98 Å². The first-order chi connectivity index (χ1) is 10.1. The molecule has 0 amide bonds. The summed E-state index contributed by atoms with van der Waals surface area (Å²) in [4.78, 5) is 4.71. The maximum absolute atomic E-state index is 5.63. The van der Waals surface area contributed by atoms with Gasteiger partial charge in [-0.2, -0.15) is 0 Å². The van der Waals surface area contributed by atoms with Gasteiger partial charge < -0.3 is 4.74 Å². The van der Waals surface area contributed by atoms with Gasteiger partial charge in [-0.25, -0.2) is 0 Å². The minimum Gasteiger partial charge on any atom is -0.496 e. The zero-order valence-corrected chi connectivity index (χ0v) is 12.5. The molecule has 0 fully saturated rings. The molecule has 1 aliphatic carbocycles. The van der Waals surface area contributed by atoms with Gasteiger partial charge in [0, 0.05) is 22.6 Å². The van der Waals surface area contributed by atoms with Crippen molar-refractivity contribution >= 4 is 10.8 Å². The number of hydrogen-bond acceptors (Lipinski definition) is 2. The molecule has 2 heteroatoms. The molecule has 3 aromatic rings. The van der Waals surface area contributed by atoms with E-state index < -0.39 is 0 Å². The topological polar surface area (TPSA) is 22.1 Å². The summed E-state index contributed by atoms with van der Waals surface area (Å²) >= 11 is 0. The number of ether oxygens (including phenoxy) is 1. The highest BCUT2D eigenvalue weighted by Crippen LogP contribution is 2.50. The number of fused-ring (bicyclic) bond motifs is 2. The fourth-order valence-corrected chi connectivity index (χ4v) is 3.54. The SMILES string of the molecule is COc1ccc2ccnc3c2c1-c1ccccc1C3(C)C. The van der Waals surface area contributed by atoms with Crippen LogP contribution in [0.3, 0.4) is 0 Å².